The number of aromatic amines is 1. The topological polar surface area (TPSA) is 28.1 Å². The molecule has 0 unspecified atom stereocenters. The van der Waals surface area contributed by atoms with Gasteiger partial charge in [0.05, 0.1) is 5.54 Å². The third kappa shape index (κ3) is 0.897. The van der Waals surface area contributed by atoms with Crippen molar-refractivity contribution in [1.82, 2.24) is 4.98 Å². The van der Waals surface area contributed by atoms with E-state index in [4.69, 9.17) is 0 Å². The highest BCUT2D eigenvalue weighted by Crippen LogP contribution is 2.11. The normalized spacial score (nSPS) is 18.8. The summed E-state index contributed by atoms with van der Waals surface area (Å²) < 4.78 is 0. The van der Waals surface area contributed by atoms with Crippen molar-refractivity contribution in [3.63, 3.8) is 0 Å². The van der Waals surface area contributed by atoms with Crippen LogP contribution in [0.4, 0.5) is 0 Å². The standard InChI is InChI=1S/C9H12N2/c1-6-5-10-8-7(6)4-9(2,3)11-8/h4-5H,1-3H3,(H,10,11). The summed E-state index contributed by atoms with van der Waals surface area (Å²) in [6.07, 6.45) is 4.20. The van der Waals surface area contributed by atoms with E-state index < -0.39 is 0 Å². The van der Waals surface area contributed by atoms with E-state index in [1.807, 2.05) is 6.20 Å². The summed E-state index contributed by atoms with van der Waals surface area (Å²) in [6, 6.07) is 0. The van der Waals surface area contributed by atoms with Gasteiger partial charge >= 0.3 is 0 Å². The van der Waals surface area contributed by atoms with Crippen molar-refractivity contribution in [2.24, 2.45) is 4.99 Å². The molecular formula is C9H12N2. The lowest BCUT2D eigenvalue weighted by molar-refractivity contribution is 0.684. The molecule has 1 aliphatic rings. The van der Waals surface area contributed by atoms with E-state index in [0.717, 1.165) is 5.49 Å². The van der Waals surface area contributed by atoms with Crippen molar-refractivity contribution in [1.29, 1.82) is 0 Å². The molecule has 1 N–H and O–H groups in total. The van der Waals surface area contributed by atoms with Gasteiger partial charge in [0.15, 0.2) is 0 Å². The number of aromatic nitrogens is 1. The minimum absolute atomic E-state index is 0.00676. The van der Waals surface area contributed by atoms with Gasteiger partial charge in [-0.1, -0.05) is 0 Å². The average Bonchev–Trinajstić information content (AvgIpc) is 2.31. The van der Waals surface area contributed by atoms with Crippen molar-refractivity contribution in [2.75, 3.05) is 0 Å². The van der Waals surface area contributed by atoms with Gasteiger partial charge in [0.1, 0.15) is 5.49 Å². The van der Waals surface area contributed by atoms with Crippen LogP contribution in [0, 0.1) is 6.92 Å². The van der Waals surface area contributed by atoms with Crippen molar-refractivity contribution in [3.05, 3.63) is 22.5 Å². The lowest BCUT2D eigenvalue weighted by Crippen LogP contribution is -2.20. The zero-order valence-corrected chi connectivity index (χ0v) is 7.10. The second-order valence-corrected chi connectivity index (χ2v) is 3.64. The number of H-pyrrole nitrogens is 1. The molecule has 0 radical (unpaired) electrons. The van der Waals surface area contributed by atoms with E-state index in [0.29, 0.717) is 0 Å². The minimum atomic E-state index is -0.00676. The van der Waals surface area contributed by atoms with Crippen molar-refractivity contribution in [2.45, 2.75) is 26.3 Å². The Bertz CT molecular complexity index is 396. The van der Waals surface area contributed by atoms with Crippen LogP contribution in [0.25, 0.3) is 6.08 Å². The maximum absolute atomic E-state index is 4.49. The molecule has 1 aromatic heterocycles. The summed E-state index contributed by atoms with van der Waals surface area (Å²) in [6.45, 7) is 6.32. The summed E-state index contributed by atoms with van der Waals surface area (Å²) in [4.78, 5) is 7.64. The third-order valence-electron chi connectivity index (χ3n) is 2.00. The van der Waals surface area contributed by atoms with Gasteiger partial charge in [-0.15, -0.1) is 0 Å². The Morgan fingerprint density at radius 1 is 1.45 bits per heavy atom. The van der Waals surface area contributed by atoms with E-state index in [9.17, 15) is 0 Å². The molecule has 11 heavy (non-hydrogen) atoms. The molecule has 0 aliphatic carbocycles. The van der Waals surface area contributed by atoms with Gasteiger partial charge in [-0.2, -0.15) is 0 Å². The highest BCUT2D eigenvalue weighted by molar-refractivity contribution is 5.40. The van der Waals surface area contributed by atoms with Gasteiger partial charge in [0.25, 0.3) is 0 Å². The van der Waals surface area contributed by atoms with E-state index in [-0.39, 0.29) is 5.54 Å². The SMILES string of the molecule is Cc1c[nH]c2c1=CC(C)(C)N=2. The molecule has 0 fully saturated rings. The molecule has 0 saturated heterocycles. The molecule has 0 saturated carbocycles. The first-order valence-electron chi connectivity index (χ1n) is 3.85. The van der Waals surface area contributed by atoms with Crippen LogP contribution in [0.5, 0.6) is 0 Å². The molecule has 2 rings (SSSR count). The maximum Gasteiger partial charge on any atom is 0.133 e. The number of fused-ring (bicyclic) bond motifs is 1. The molecule has 0 amide bonds. The number of hydrogen-bond donors (Lipinski definition) is 1. The molecular weight excluding hydrogens is 136 g/mol. The van der Waals surface area contributed by atoms with Crippen molar-refractivity contribution >= 4 is 6.08 Å². The Morgan fingerprint density at radius 2 is 2.18 bits per heavy atom. The Morgan fingerprint density at radius 3 is 2.82 bits per heavy atom. The number of nitrogens with zero attached hydrogens (tertiary/aromatic N) is 1. The molecule has 0 aromatic carbocycles. The first-order valence-corrected chi connectivity index (χ1v) is 3.85. The van der Waals surface area contributed by atoms with Crippen LogP contribution in [0.15, 0.2) is 11.2 Å². The van der Waals surface area contributed by atoms with Crippen LogP contribution in [-0.2, 0) is 0 Å². The largest absolute Gasteiger partial charge is 0.346 e. The van der Waals surface area contributed by atoms with Crippen molar-refractivity contribution in [3.8, 4) is 0 Å². The fraction of sp³-hybridized carbons (Fsp3) is 0.444. The molecule has 2 heteroatoms. The smallest absolute Gasteiger partial charge is 0.133 e. The fourth-order valence-electron chi connectivity index (χ4n) is 1.47. The van der Waals surface area contributed by atoms with E-state index in [1.54, 1.807) is 0 Å². The summed E-state index contributed by atoms with van der Waals surface area (Å²) in [5, 5.41) is 1.27. The Kier molecular flexibility index (Phi) is 1.06. The quantitative estimate of drug-likeness (QED) is 0.555. The van der Waals surface area contributed by atoms with Crippen LogP contribution in [0.3, 0.4) is 0 Å². The summed E-state index contributed by atoms with van der Waals surface area (Å²) in [7, 11) is 0. The Labute approximate surface area is 65.7 Å². The van der Waals surface area contributed by atoms with Gasteiger partial charge in [0.2, 0.25) is 0 Å². The first-order chi connectivity index (χ1) is 5.08. The molecule has 2 heterocycles. The molecule has 1 aromatic rings. The van der Waals surface area contributed by atoms with Crippen LogP contribution in [0.2, 0.25) is 0 Å². The molecule has 0 atom stereocenters. The molecule has 1 aliphatic heterocycles. The Balaban J connectivity index is 2.82. The lowest BCUT2D eigenvalue weighted by atomic mass is 10.1. The van der Waals surface area contributed by atoms with Gasteiger partial charge in [-0.3, -0.25) is 4.99 Å². The molecule has 2 nitrogen and oxygen atoms in total. The predicted octanol–water partition coefficient (Wildman–Crippen LogP) is 0.515. The number of aryl methyl sites for hydroxylation is 1. The van der Waals surface area contributed by atoms with E-state index in [2.05, 4.69) is 36.8 Å². The number of rotatable bonds is 0. The van der Waals surface area contributed by atoms with Crippen molar-refractivity contribution < 1.29 is 0 Å². The van der Waals surface area contributed by atoms with E-state index >= 15 is 0 Å². The summed E-state index contributed by atoms with van der Waals surface area (Å²) in [5.74, 6) is 0. The second-order valence-electron chi connectivity index (χ2n) is 3.64. The third-order valence-corrected chi connectivity index (χ3v) is 2.00. The van der Waals surface area contributed by atoms with Gasteiger partial charge in [-0.05, 0) is 32.4 Å². The number of hydrogen-bond acceptors (Lipinski definition) is 1. The van der Waals surface area contributed by atoms with Crippen LogP contribution in [-0.4, -0.2) is 10.5 Å². The lowest BCUT2D eigenvalue weighted by Gasteiger charge is -2.08. The number of nitrogens with one attached hydrogen (secondary N) is 1. The average molecular weight is 148 g/mol. The highest BCUT2D eigenvalue weighted by Gasteiger charge is 2.17. The Hall–Kier alpha value is -1.05. The molecule has 0 spiro atoms. The zero-order chi connectivity index (χ0) is 8.06. The van der Waals surface area contributed by atoms with Crippen LogP contribution >= 0.6 is 0 Å². The fourth-order valence-corrected chi connectivity index (χ4v) is 1.47. The monoisotopic (exact) mass is 148 g/mol. The summed E-state index contributed by atoms with van der Waals surface area (Å²) in [5.41, 5.74) is 2.31. The van der Waals surface area contributed by atoms with Crippen LogP contribution in [0.1, 0.15) is 19.4 Å². The highest BCUT2D eigenvalue weighted by atomic mass is 14.9. The molecule has 0 bridgehead atoms. The second kappa shape index (κ2) is 1.76. The van der Waals surface area contributed by atoms with Gasteiger partial charge in [-0.25, -0.2) is 0 Å². The predicted molar refractivity (Wildman–Crippen MR) is 44.9 cm³/mol. The van der Waals surface area contributed by atoms with Gasteiger partial charge in [0, 0.05) is 11.4 Å². The van der Waals surface area contributed by atoms with E-state index in [1.165, 1.54) is 10.8 Å². The van der Waals surface area contributed by atoms with Crippen LogP contribution < -0.4 is 10.7 Å². The minimum Gasteiger partial charge on any atom is -0.346 e. The first kappa shape index (κ1) is 6.65. The van der Waals surface area contributed by atoms with Gasteiger partial charge < -0.3 is 4.98 Å². The molecule has 58 valence electrons. The zero-order valence-electron chi connectivity index (χ0n) is 7.10. The summed E-state index contributed by atoms with van der Waals surface area (Å²) >= 11 is 0. The maximum atomic E-state index is 4.49.